The van der Waals surface area contributed by atoms with Crippen LogP contribution in [0.1, 0.15) is 25.7 Å². The summed E-state index contributed by atoms with van der Waals surface area (Å²) in [6.45, 7) is 0.564. The van der Waals surface area contributed by atoms with Gasteiger partial charge < -0.3 is 10.4 Å². The van der Waals surface area contributed by atoms with Crippen LogP contribution in [-0.2, 0) is 9.59 Å². The van der Waals surface area contributed by atoms with Crippen LogP contribution in [0.25, 0.3) is 0 Å². The molecular weight excluding hydrogens is 274 g/mol. The van der Waals surface area contributed by atoms with Crippen molar-refractivity contribution >= 4 is 23.6 Å². The molecule has 0 bridgehead atoms. The highest BCUT2D eigenvalue weighted by atomic mass is 32.2. The van der Waals surface area contributed by atoms with Crippen molar-refractivity contribution in [1.82, 2.24) is 5.32 Å². The number of nitrogens with one attached hydrogen (secondary N) is 1. The topological polar surface area (TPSA) is 66.4 Å². The molecule has 0 aromatic heterocycles. The summed E-state index contributed by atoms with van der Waals surface area (Å²) in [4.78, 5) is 24.1. The average molecular weight is 293 g/mol. The van der Waals surface area contributed by atoms with Gasteiger partial charge in [0.25, 0.3) is 0 Å². The fraction of sp³-hybridized carbons (Fsp3) is 0.467. The van der Waals surface area contributed by atoms with Crippen molar-refractivity contribution < 1.29 is 14.7 Å². The van der Waals surface area contributed by atoms with E-state index in [0.29, 0.717) is 19.4 Å². The molecule has 108 valence electrons. The second-order valence-corrected chi connectivity index (χ2v) is 6.30. The number of aliphatic carboxylic acids is 1. The van der Waals surface area contributed by atoms with Gasteiger partial charge >= 0.3 is 5.97 Å². The van der Waals surface area contributed by atoms with Crippen LogP contribution in [0, 0.1) is 5.41 Å². The summed E-state index contributed by atoms with van der Waals surface area (Å²) in [6, 6.07) is 9.98. The first-order valence-electron chi connectivity index (χ1n) is 6.80. The Morgan fingerprint density at radius 2 is 1.95 bits per heavy atom. The maximum atomic E-state index is 11.8. The fourth-order valence-corrected chi connectivity index (χ4v) is 3.11. The first-order chi connectivity index (χ1) is 9.62. The van der Waals surface area contributed by atoms with Gasteiger partial charge in [-0.3, -0.25) is 9.59 Å². The van der Waals surface area contributed by atoms with Crippen molar-refractivity contribution in [2.24, 2.45) is 5.41 Å². The molecule has 1 aliphatic rings. The minimum Gasteiger partial charge on any atom is -0.481 e. The third-order valence-electron chi connectivity index (χ3n) is 3.70. The van der Waals surface area contributed by atoms with Crippen LogP contribution < -0.4 is 5.32 Å². The summed E-state index contributed by atoms with van der Waals surface area (Å²) in [5.41, 5.74) is -0.795. The van der Waals surface area contributed by atoms with E-state index in [1.165, 1.54) is 4.90 Å². The molecule has 0 saturated heterocycles. The monoisotopic (exact) mass is 293 g/mol. The summed E-state index contributed by atoms with van der Waals surface area (Å²) >= 11 is 1.68. The average Bonchev–Trinajstić information content (AvgIpc) is 2.40. The van der Waals surface area contributed by atoms with Crippen LogP contribution in [0.3, 0.4) is 0 Å². The lowest BCUT2D eigenvalue weighted by molar-refractivity contribution is -0.157. The molecule has 1 fully saturated rings. The van der Waals surface area contributed by atoms with Crippen LogP contribution in [0.4, 0.5) is 0 Å². The smallest absolute Gasteiger partial charge is 0.310 e. The predicted octanol–water partition coefficient (Wildman–Crippen LogP) is 2.54. The van der Waals surface area contributed by atoms with Crippen LogP contribution in [-0.4, -0.2) is 29.3 Å². The summed E-state index contributed by atoms with van der Waals surface area (Å²) in [5, 5.41) is 12.0. The van der Waals surface area contributed by atoms with E-state index in [1.807, 2.05) is 30.3 Å². The van der Waals surface area contributed by atoms with Crippen LogP contribution in [0.5, 0.6) is 0 Å². The molecule has 4 nitrogen and oxygen atoms in total. The zero-order valence-electron chi connectivity index (χ0n) is 11.3. The van der Waals surface area contributed by atoms with E-state index in [2.05, 4.69) is 5.32 Å². The quantitative estimate of drug-likeness (QED) is 0.599. The summed E-state index contributed by atoms with van der Waals surface area (Å²) in [5.74, 6) is -0.200. The second-order valence-electron chi connectivity index (χ2n) is 5.13. The highest BCUT2D eigenvalue weighted by Crippen LogP contribution is 2.44. The molecule has 1 aromatic rings. The SMILES string of the molecule is O=C(CC1(C(=O)O)CCC1)NCCSc1ccccc1. The molecule has 1 aliphatic carbocycles. The Labute approximate surface area is 123 Å². The maximum absolute atomic E-state index is 11.8. The molecule has 2 N–H and O–H groups in total. The van der Waals surface area contributed by atoms with Gasteiger partial charge in [-0.1, -0.05) is 24.6 Å². The number of carboxylic acids is 1. The van der Waals surface area contributed by atoms with Crippen molar-refractivity contribution in [3.8, 4) is 0 Å². The van der Waals surface area contributed by atoms with Gasteiger partial charge in [0.15, 0.2) is 0 Å². The molecule has 0 radical (unpaired) electrons. The van der Waals surface area contributed by atoms with Gasteiger partial charge in [0.2, 0.25) is 5.91 Å². The Morgan fingerprint density at radius 1 is 1.25 bits per heavy atom. The van der Waals surface area contributed by atoms with Gasteiger partial charge in [0.05, 0.1) is 5.41 Å². The van der Waals surface area contributed by atoms with Crippen molar-refractivity contribution in [3.05, 3.63) is 30.3 Å². The van der Waals surface area contributed by atoms with Gasteiger partial charge in [-0.2, -0.15) is 0 Å². The van der Waals surface area contributed by atoms with E-state index < -0.39 is 11.4 Å². The van der Waals surface area contributed by atoms with Gasteiger partial charge in [-0.05, 0) is 25.0 Å². The highest BCUT2D eigenvalue weighted by molar-refractivity contribution is 7.99. The number of carboxylic acid groups (broad SMARTS) is 1. The largest absolute Gasteiger partial charge is 0.481 e. The predicted molar refractivity (Wildman–Crippen MR) is 78.7 cm³/mol. The van der Waals surface area contributed by atoms with E-state index in [0.717, 1.165) is 12.2 Å². The Kier molecular flexibility index (Phi) is 5.06. The van der Waals surface area contributed by atoms with Crippen molar-refractivity contribution in [3.63, 3.8) is 0 Å². The molecule has 20 heavy (non-hydrogen) atoms. The number of thioether (sulfide) groups is 1. The second kappa shape index (κ2) is 6.79. The van der Waals surface area contributed by atoms with Crippen molar-refractivity contribution in [2.75, 3.05) is 12.3 Å². The lowest BCUT2D eigenvalue weighted by Gasteiger charge is -2.36. The maximum Gasteiger partial charge on any atom is 0.310 e. The molecule has 2 rings (SSSR count). The molecule has 0 unspecified atom stereocenters. The molecule has 0 spiro atoms. The molecule has 5 heteroatoms. The molecule has 0 heterocycles. The Hall–Kier alpha value is -1.49. The Bertz CT molecular complexity index is 471. The zero-order valence-corrected chi connectivity index (χ0v) is 12.1. The molecule has 1 amide bonds. The fourth-order valence-electron chi connectivity index (χ4n) is 2.32. The van der Waals surface area contributed by atoms with Crippen molar-refractivity contribution in [1.29, 1.82) is 0 Å². The van der Waals surface area contributed by atoms with Crippen LogP contribution in [0.15, 0.2) is 35.2 Å². The number of carbonyl (C=O) groups is 2. The minimum absolute atomic E-state index is 0.109. The number of carbonyl (C=O) groups excluding carboxylic acids is 1. The number of benzene rings is 1. The van der Waals surface area contributed by atoms with Gasteiger partial charge in [0.1, 0.15) is 0 Å². The van der Waals surface area contributed by atoms with Crippen LogP contribution in [0.2, 0.25) is 0 Å². The molecule has 1 saturated carbocycles. The highest BCUT2D eigenvalue weighted by Gasteiger charge is 2.45. The zero-order chi connectivity index (χ0) is 14.4. The van der Waals surface area contributed by atoms with E-state index >= 15 is 0 Å². The molecular formula is C15H19NO3S. The first-order valence-corrected chi connectivity index (χ1v) is 7.79. The van der Waals surface area contributed by atoms with E-state index in [-0.39, 0.29) is 12.3 Å². The molecule has 0 aliphatic heterocycles. The van der Waals surface area contributed by atoms with Gasteiger partial charge in [0, 0.05) is 23.6 Å². The number of hydrogen-bond acceptors (Lipinski definition) is 3. The van der Waals surface area contributed by atoms with Gasteiger partial charge in [-0.25, -0.2) is 0 Å². The number of hydrogen-bond donors (Lipinski definition) is 2. The third kappa shape index (κ3) is 3.76. The lowest BCUT2D eigenvalue weighted by Crippen LogP contribution is -2.42. The van der Waals surface area contributed by atoms with E-state index in [1.54, 1.807) is 11.8 Å². The normalized spacial score (nSPS) is 16.2. The molecule has 1 aromatic carbocycles. The summed E-state index contributed by atoms with van der Waals surface area (Å²) in [6.07, 6.45) is 2.25. The van der Waals surface area contributed by atoms with Crippen LogP contribution >= 0.6 is 11.8 Å². The number of rotatable bonds is 7. The standard InChI is InChI=1S/C15H19NO3S/c17-13(11-15(14(18)19)7-4-8-15)16-9-10-20-12-5-2-1-3-6-12/h1-3,5-6H,4,7-11H2,(H,16,17)(H,18,19). The Balaban J connectivity index is 1.67. The van der Waals surface area contributed by atoms with E-state index in [4.69, 9.17) is 5.11 Å². The third-order valence-corrected chi connectivity index (χ3v) is 4.71. The van der Waals surface area contributed by atoms with E-state index in [9.17, 15) is 9.59 Å². The number of amides is 1. The molecule has 0 atom stereocenters. The first kappa shape index (κ1) is 14.9. The summed E-state index contributed by atoms with van der Waals surface area (Å²) < 4.78 is 0. The van der Waals surface area contributed by atoms with Gasteiger partial charge in [-0.15, -0.1) is 11.8 Å². The minimum atomic E-state index is -0.836. The summed E-state index contributed by atoms with van der Waals surface area (Å²) in [7, 11) is 0. The lowest BCUT2D eigenvalue weighted by atomic mass is 9.66. The van der Waals surface area contributed by atoms with Crippen molar-refractivity contribution in [2.45, 2.75) is 30.6 Å². The Morgan fingerprint density at radius 3 is 2.50 bits per heavy atom.